The number of aryl methyl sites for hydroxylation is 1. The van der Waals surface area contributed by atoms with Crippen molar-refractivity contribution >= 4 is 11.9 Å². The first kappa shape index (κ1) is 16.1. The van der Waals surface area contributed by atoms with E-state index in [-0.39, 0.29) is 18.2 Å². The number of carbonyl (C=O) groups excluding carboxylic acids is 1. The van der Waals surface area contributed by atoms with Gasteiger partial charge >= 0.3 is 5.97 Å². The van der Waals surface area contributed by atoms with Gasteiger partial charge in [-0.3, -0.25) is 14.6 Å². The number of aromatic nitrogens is 1. The van der Waals surface area contributed by atoms with Gasteiger partial charge in [0.05, 0.1) is 0 Å². The number of nitrogens with zero attached hydrogens (tertiary/aromatic N) is 1. The van der Waals surface area contributed by atoms with Crippen LogP contribution in [0, 0.1) is 18.8 Å². The van der Waals surface area contributed by atoms with Crippen LogP contribution in [-0.4, -0.2) is 28.5 Å². The SMILES string of the molecule is Cc1cc(C(=O)NC[C@H](CC(=O)O)CC(C)C)ccn1. The van der Waals surface area contributed by atoms with E-state index >= 15 is 0 Å². The van der Waals surface area contributed by atoms with E-state index in [0.29, 0.717) is 18.0 Å². The average Bonchev–Trinajstić information content (AvgIpc) is 2.34. The molecule has 20 heavy (non-hydrogen) atoms. The minimum Gasteiger partial charge on any atom is -0.481 e. The molecule has 0 radical (unpaired) electrons. The highest BCUT2D eigenvalue weighted by atomic mass is 16.4. The lowest BCUT2D eigenvalue weighted by Gasteiger charge is -2.17. The second-order valence-corrected chi connectivity index (χ2v) is 5.49. The first-order valence-corrected chi connectivity index (χ1v) is 6.81. The molecule has 5 nitrogen and oxygen atoms in total. The summed E-state index contributed by atoms with van der Waals surface area (Å²) >= 11 is 0. The van der Waals surface area contributed by atoms with Crippen molar-refractivity contribution in [3.63, 3.8) is 0 Å². The zero-order valence-corrected chi connectivity index (χ0v) is 12.2. The standard InChI is InChI=1S/C15H22N2O3/c1-10(2)6-12(8-14(18)19)9-17-15(20)13-4-5-16-11(3)7-13/h4-5,7,10,12H,6,8-9H2,1-3H3,(H,17,20)(H,18,19)/t12-/m0/s1. The van der Waals surface area contributed by atoms with Crippen LogP contribution in [0.3, 0.4) is 0 Å². The number of amides is 1. The van der Waals surface area contributed by atoms with Crippen LogP contribution in [0.4, 0.5) is 0 Å². The predicted molar refractivity (Wildman–Crippen MR) is 76.5 cm³/mol. The molecule has 0 bridgehead atoms. The molecule has 5 heteroatoms. The van der Waals surface area contributed by atoms with Crippen LogP contribution in [0.15, 0.2) is 18.3 Å². The van der Waals surface area contributed by atoms with E-state index in [1.54, 1.807) is 18.3 Å². The molecule has 2 N–H and O–H groups in total. The first-order chi connectivity index (χ1) is 9.38. The van der Waals surface area contributed by atoms with Crippen molar-refractivity contribution in [2.75, 3.05) is 6.54 Å². The number of rotatable bonds is 7. The predicted octanol–water partition coefficient (Wildman–Crippen LogP) is 2.26. The topological polar surface area (TPSA) is 79.3 Å². The Morgan fingerprint density at radius 2 is 2.10 bits per heavy atom. The fourth-order valence-corrected chi connectivity index (χ4v) is 2.18. The average molecular weight is 278 g/mol. The van der Waals surface area contributed by atoms with Crippen LogP contribution >= 0.6 is 0 Å². The van der Waals surface area contributed by atoms with Crippen molar-refractivity contribution in [1.82, 2.24) is 10.3 Å². The number of carboxylic acids is 1. The molecule has 0 aliphatic carbocycles. The zero-order valence-electron chi connectivity index (χ0n) is 12.2. The Balaban J connectivity index is 2.57. The van der Waals surface area contributed by atoms with E-state index in [1.807, 2.05) is 20.8 Å². The van der Waals surface area contributed by atoms with Crippen LogP contribution in [0.2, 0.25) is 0 Å². The van der Waals surface area contributed by atoms with Gasteiger partial charge in [-0.1, -0.05) is 13.8 Å². The maximum Gasteiger partial charge on any atom is 0.303 e. The van der Waals surface area contributed by atoms with Crippen LogP contribution in [0.25, 0.3) is 0 Å². The summed E-state index contributed by atoms with van der Waals surface area (Å²) in [7, 11) is 0. The lowest BCUT2D eigenvalue weighted by atomic mass is 9.94. The Hall–Kier alpha value is -1.91. The highest BCUT2D eigenvalue weighted by Crippen LogP contribution is 2.15. The summed E-state index contributed by atoms with van der Waals surface area (Å²) in [6, 6.07) is 3.36. The Kier molecular flexibility index (Phi) is 6.15. The molecular formula is C15H22N2O3. The quantitative estimate of drug-likeness (QED) is 0.801. The molecule has 0 aliphatic heterocycles. The van der Waals surface area contributed by atoms with Crippen LogP contribution in [0.1, 0.15) is 42.7 Å². The minimum absolute atomic E-state index is 0.0422. The Labute approximate surface area is 119 Å². The van der Waals surface area contributed by atoms with Gasteiger partial charge in [-0.05, 0) is 37.3 Å². The van der Waals surface area contributed by atoms with E-state index in [1.165, 1.54) is 0 Å². The van der Waals surface area contributed by atoms with Crippen molar-refractivity contribution in [2.45, 2.75) is 33.6 Å². The Bertz CT molecular complexity index is 472. The fraction of sp³-hybridized carbons (Fsp3) is 0.533. The van der Waals surface area contributed by atoms with Gasteiger partial charge in [0.1, 0.15) is 0 Å². The Morgan fingerprint density at radius 3 is 2.65 bits per heavy atom. The van der Waals surface area contributed by atoms with Crippen LogP contribution in [-0.2, 0) is 4.79 Å². The third-order valence-electron chi connectivity index (χ3n) is 2.98. The van der Waals surface area contributed by atoms with Gasteiger partial charge in [0.25, 0.3) is 5.91 Å². The number of nitrogens with one attached hydrogen (secondary N) is 1. The number of aliphatic carboxylic acids is 1. The molecule has 0 saturated carbocycles. The molecule has 1 heterocycles. The summed E-state index contributed by atoms with van der Waals surface area (Å²) in [5, 5.41) is 11.7. The van der Waals surface area contributed by atoms with E-state index in [9.17, 15) is 9.59 Å². The maximum absolute atomic E-state index is 12.0. The molecule has 0 aliphatic rings. The first-order valence-electron chi connectivity index (χ1n) is 6.81. The minimum atomic E-state index is -0.829. The van der Waals surface area contributed by atoms with Gasteiger partial charge in [0.2, 0.25) is 0 Å². The highest BCUT2D eigenvalue weighted by Gasteiger charge is 2.16. The molecule has 1 amide bonds. The normalized spacial score (nSPS) is 12.2. The van der Waals surface area contributed by atoms with Gasteiger partial charge < -0.3 is 10.4 Å². The molecule has 0 spiro atoms. The summed E-state index contributed by atoms with van der Waals surface area (Å²) in [5.74, 6) is -0.655. The molecule has 1 aromatic rings. The molecule has 1 atom stereocenters. The lowest BCUT2D eigenvalue weighted by Crippen LogP contribution is -2.31. The van der Waals surface area contributed by atoms with Gasteiger partial charge in [0, 0.05) is 30.4 Å². The molecule has 0 aromatic carbocycles. The van der Waals surface area contributed by atoms with Crippen LogP contribution in [0.5, 0.6) is 0 Å². The van der Waals surface area contributed by atoms with Gasteiger partial charge in [-0.2, -0.15) is 0 Å². The molecule has 110 valence electrons. The second kappa shape index (κ2) is 7.62. The number of carboxylic acid groups (broad SMARTS) is 1. The highest BCUT2D eigenvalue weighted by molar-refractivity contribution is 5.94. The van der Waals surface area contributed by atoms with E-state index in [0.717, 1.165) is 12.1 Å². The van der Waals surface area contributed by atoms with Crippen molar-refractivity contribution in [3.8, 4) is 0 Å². The summed E-state index contributed by atoms with van der Waals surface area (Å²) in [5.41, 5.74) is 1.33. The van der Waals surface area contributed by atoms with Gasteiger partial charge in [-0.15, -0.1) is 0 Å². The monoisotopic (exact) mass is 278 g/mol. The van der Waals surface area contributed by atoms with Crippen LogP contribution < -0.4 is 5.32 Å². The lowest BCUT2D eigenvalue weighted by molar-refractivity contribution is -0.138. The molecule has 0 saturated heterocycles. The second-order valence-electron chi connectivity index (χ2n) is 5.49. The smallest absolute Gasteiger partial charge is 0.303 e. The Morgan fingerprint density at radius 1 is 1.40 bits per heavy atom. The van der Waals surface area contributed by atoms with E-state index < -0.39 is 5.97 Å². The summed E-state index contributed by atoms with van der Waals surface area (Å²) in [6.07, 6.45) is 2.45. The number of carbonyl (C=O) groups is 2. The zero-order chi connectivity index (χ0) is 15.1. The van der Waals surface area contributed by atoms with Crippen molar-refractivity contribution in [1.29, 1.82) is 0 Å². The largest absolute Gasteiger partial charge is 0.481 e. The summed E-state index contributed by atoms with van der Waals surface area (Å²) < 4.78 is 0. The molecule has 0 fully saturated rings. The molecule has 1 rings (SSSR count). The van der Waals surface area contributed by atoms with Crippen molar-refractivity contribution in [2.24, 2.45) is 11.8 Å². The number of hydrogen-bond acceptors (Lipinski definition) is 3. The van der Waals surface area contributed by atoms with E-state index in [2.05, 4.69) is 10.3 Å². The molecule has 1 aromatic heterocycles. The third-order valence-corrected chi connectivity index (χ3v) is 2.98. The third kappa shape index (κ3) is 5.82. The fourth-order valence-electron chi connectivity index (χ4n) is 2.18. The summed E-state index contributed by atoms with van der Waals surface area (Å²) in [6.45, 7) is 6.29. The molecule has 0 unspecified atom stereocenters. The number of pyridine rings is 1. The molecular weight excluding hydrogens is 256 g/mol. The van der Waals surface area contributed by atoms with Crippen molar-refractivity contribution in [3.05, 3.63) is 29.6 Å². The maximum atomic E-state index is 12.0. The van der Waals surface area contributed by atoms with E-state index in [4.69, 9.17) is 5.11 Å². The van der Waals surface area contributed by atoms with Crippen molar-refractivity contribution < 1.29 is 14.7 Å². The summed E-state index contributed by atoms with van der Waals surface area (Å²) in [4.78, 5) is 26.9. The number of hydrogen-bond donors (Lipinski definition) is 2. The van der Waals surface area contributed by atoms with Gasteiger partial charge in [-0.25, -0.2) is 0 Å². The van der Waals surface area contributed by atoms with Gasteiger partial charge in [0.15, 0.2) is 0 Å².